The lowest BCUT2D eigenvalue weighted by molar-refractivity contribution is -0.139. The van der Waals surface area contributed by atoms with Gasteiger partial charge in [-0.2, -0.15) is 0 Å². The van der Waals surface area contributed by atoms with Crippen molar-refractivity contribution in [1.82, 2.24) is 20.9 Å². The number of alkyl carbamates (subject to hydrolysis) is 2. The molecule has 0 bridgehead atoms. The molecule has 0 aromatic carbocycles. The SMILES string of the molecule is CCOC(=O)C1=C[C@@H](N2CCC[C@H](OCCOC)C2)[C@H](NC(C)=O)[C@@H](N=C(NC(=O)OC(C)(C)C)NC(=O)OC(C)(C)C)C1. The summed E-state index contributed by atoms with van der Waals surface area (Å²) in [5.41, 5.74) is -1.29. The van der Waals surface area contributed by atoms with Crippen LogP contribution in [0, 0.1) is 0 Å². The van der Waals surface area contributed by atoms with Crippen LogP contribution in [0.4, 0.5) is 9.59 Å². The minimum absolute atomic E-state index is 0.0668. The van der Waals surface area contributed by atoms with Crippen LogP contribution in [0.2, 0.25) is 0 Å². The number of guanidine groups is 1. The summed E-state index contributed by atoms with van der Waals surface area (Å²) in [6.07, 6.45) is 1.79. The fraction of sp³-hybridized carbons (Fsp3) is 0.767. The van der Waals surface area contributed by atoms with E-state index in [1.807, 2.05) is 6.08 Å². The van der Waals surface area contributed by atoms with Gasteiger partial charge in [0.05, 0.1) is 44.1 Å². The van der Waals surface area contributed by atoms with E-state index in [0.29, 0.717) is 31.9 Å². The number of methoxy groups -OCH3 is 1. The normalized spacial score (nSPS) is 22.6. The zero-order valence-corrected chi connectivity index (χ0v) is 27.6. The van der Waals surface area contributed by atoms with Crippen molar-refractivity contribution >= 4 is 30.0 Å². The van der Waals surface area contributed by atoms with Crippen LogP contribution in [0.25, 0.3) is 0 Å². The second-order valence-electron chi connectivity index (χ2n) is 12.8. The summed E-state index contributed by atoms with van der Waals surface area (Å²) in [5.74, 6) is -1.07. The first-order valence-electron chi connectivity index (χ1n) is 15.1. The molecule has 2 rings (SSSR count). The number of carbonyl (C=O) groups excluding carboxylic acids is 4. The summed E-state index contributed by atoms with van der Waals surface area (Å²) in [7, 11) is 1.61. The third kappa shape index (κ3) is 13.2. The van der Waals surface area contributed by atoms with Crippen molar-refractivity contribution in [1.29, 1.82) is 0 Å². The largest absolute Gasteiger partial charge is 0.463 e. The van der Waals surface area contributed by atoms with E-state index < -0.39 is 47.5 Å². The molecule has 0 spiro atoms. The van der Waals surface area contributed by atoms with Gasteiger partial charge >= 0.3 is 18.2 Å². The smallest absolute Gasteiger partial charge is 0.414 e. The summed E-state index contributed by atoms with van der Waals surface area (Å²) < 4.78 is 27.2. The van der Waals surface area contributed by atoms with Crippen LogP contribution >= 0.6 is 0 Å². The number of hydrogen-bond acceptors (Lipinski definition) is 11. The first-order chi connectivity index (χ1) is 20.5. The summed E-state index contributed by atoms with van der Waals surface area (Å²) in [5, 5.41) is 7.98. The Bertz CT molecular complexity index is 1030. The fourth-order valence-corrected chi connectivity index (χ4v) is 4.94. The molecule has 0 saturated carbocycles. The zero-order valence-electron chi connectivity index (χ0n) is 27.6. The fourth-order valence-electron chi connectivity index (χ4n) is 4.94. The molecule has 250 valence electrons. The van der Waals surface area contributed by atoms with Gasteiger partial charge in [0.1, 0.15) is 11.2 Å². The average Bonchev–Trinajstić information content (AvgIpc) is 2.87. The second kappa shape index (κ2) is 16.7. The maximum absolute atomic E-state index is 13.0. The third-order valence-corrected chi connectivity index (χ3v) is 6.50. The minimum Gasteiger partial charge on any atom is -0.463 e. The van der Waals surface area contributed by atoms with Gasteiger partial charge in [-0.15, -0.1) is 0 Å². The van der Waals surface area contributed by atoms with Crippen molar-refractivity contribution in [3.63, 3.8) is 0 Å². The third-order valence-electron chi connectivity index (χ3n) is 6.50. The van der Waals surface area contributed by atoms with E-state index in [4.69, 9.17) is 23.7 Å². The Morgan fingerprint density at radius 2 is 1.61 bits per heavy atom. The summed E-state index contributed by atoms with van der Waals surface area (Å²) in [6.45, 7) is 15.6. The lowest BCUT2D eigenvalue weighted by Crippen LogP contribution is -2.60. The van der Waals surface area contributed by atoms with Gasteiger partial charge in [-0.25, -0.2) is 19.4 Å². The maximum atomic E-state index is 13.0. The van der Waals surface area contributed by atoms with Crippen LogP contribution in [0.1, 0.15) is 74.7 Å². The molecular weight excluding hydrogens is 574 g/mol. The average molecular weight is 626 g/mol. The lowest BCUT2D eigenvalue weighted by Gasteiger charge is -2.44. The molecule has 1 saturated heterocycles. The molecule has 1 heterocycles. The van der Waals surface area contributed by atoms with E-state index >= 15 is 0 Å². The number of nitrogens with one attached hydrogen (secondary N) is 3. The van der Waals surface area contributed by atoms with E-state index in [1.54, 1.807) is 55.6 Å². The molecule has 4 atom stereocenters. The zero-order chi connectivity index (χ0) is 33.1. The van der Waals surface area contributed by atoms with Gasteiger partial charge in [0.15, 0.2) is 0 Å². The number of rotatable bonds is 9. The van der Waals surface area contributed by atoms with Crippen LogP contribution < -0.4 is 16.0 Å². The van der Waals surface area contributed by atoms with Gasteiger partial charge < -0.3 is 29.0 Å². The lowest BCUT2D eigenvalue weighted by atomic mass is 9.84. The molecule has 0 radical (unpaired) electrons. The molecule has 3 N–H and O–H groups in total. The van der Waals surface area contributed by atoms with Gasteiger partial charge in [0.25, 0.3) is 0 Å². The summed E-state index contributed by atoms with van der Waals surface area (Å²) in [4.78, 5) is 57.9. The van der Waals surface area contributed by atoms with Gasteiger partial charge in [-0.05, 0) is 67.9 Å². The molecule has 1 aliphatic heterocycles. The van der Waals surface area contributed by atoms with E-state index in [2.05, 4.69) is 25.8 Å². The van der Waals surface area contributed by atoms with Crippen molar-refractivity contribution in [2.45, 2.75) is 110 Å². The number of nitrogens with zero attached hydrogens (tertiary/aromatic N) is 2. The quantitative estimate of drug-likeness (QED) is 0.114. The molecule has 3 amide bonds. The van der Waals surface area contributed by atoms with Crippen LogP contribution in [0.15, 0.2) is 16.6 Å². The van der Waals surface area contributed by atoms with Crippen molar-refractivity contribution < 1.29 is 42.9 Å². The van der Waals surface area contributed by atoms with Gasteiger partial charge in [0.2, 0.25) is 11.9 Å². The van der Waals surface area contributed by atoms with E-state index in [0.717, 1.165) is 12.8 Å². The van der Waals surface area contributed by atoms with Crippen molar-refractivity contribution in [2.24, 2.45) is 4.99 Å². The first kappa shape index (κ1) is 37.0. The second-order valence-corrected chi connectivity index (χ2v) is 12.8. The molecule has 1 fully saturated rings. The molecule has 14 nitrogen and oxygen atoms in total. The molecule has 0 unspecified atom stereocenters. The van der Waals surface area contributed by atoms with Crippen LogP contribution in [-0.2, 0) is 33.3 Å². The highest BCUT2D eigenvalue weighted by Gasteiger charge is 2.41. The summed E-state index contributed by atoms with van der Waals surface area (Å²) >= 11 is 0. The van der Waals surface area contributed by atoms with Gasteiger partial charge in [-0.3, -0.25) is 20.3 Å². The van der Waals surface area contributed by atoms with Crippen molar-refractivity contribution in [3.05, 3.63) is 11.6 Å². The van der Waals surface area contributed by atoms with E-state index in [-0.39, 0.29) is 31.0 Å². The Morgan fingerprint density at radius 3 is 2.14 bits per heavy atom. The van der Waals surface area contributed by atoms with Gasteiger partial charge in [0, 0.05) is 32.6 Å². The standard InChI is InChI=1S/C30H51N5O9/c1-10-41-25(37)20-16-22(32-26(33-27(38)43-29(3,4)5)34-28(39)44-30(6,7)8)24(31-19(2)36)23(17-20)35-13-11-12-21(18-35)42-15-14-40-9/h17,21-24H,10-16,18H2,1-9H3,(H,31,36)(H2,32,33,34,38,39)/t21-,22-,23+,24+/m0/s1. The number of piperidine rings is 1. The van der Waals surface area contributed by atoms with Crippen molar-refractivity contribution in [3.8, 4) is 0 Å². The van der Waals surface area contributed by atoms with E-state index in [1.165, 1.54) is 6.92 Å². The summed E-state index contributed by atoms with van der Waals surface area (Å²) in [6, 6.07) is -1.92. The molecule has 14 heteroatoms. The molecule has 2 aliphatic rings. The highest BCUT2D eigenvalue weighted by molar-refractivity contribution is 6.01. The Balaban J connectivity index is 2.53. The number of amides is 3. The molecule has 44 heavy (non-hydrogen) atoms. The Kier molecular flexibility index (Phi) is 14.1. The minimum atomic E-state index is -0.857. The predicted octanol–water partition coefficient (Wildman–Crippen LogP) is 2.65. The highest BCUT2D eigenvalue weighted by atomic mass is 16.6. The number of likely N-dealkylation sites (tertiary alicyclic amines) is 1. The van der Waals surface area contributed by atoms with Crippen LogP contribution in [-0.4, -0.2) is 110 Å². The number of carbonyl (C=O) groups is 4. The van der Waals surface area contributed by atoms with Crippen LogP contribution in [0.3, 0.4) is 0 Å². The number of ether oxygens (including phenoxy) is 5. The molecule has 1 aliphatic carbocycles. The first-order valence-corrected chi connectivity index (χ1v) is 15.1. The number of hydrogen-bond donors (Lipinski definition) is 3. The van der Waals surface area contributed by atoms with Crippen LogP contribution in [0.5, 0.6) is 0 Å². The molecule has 0 aromatic heterocycles. The monoisotopic (exact) mass is 625 g/mol. The Labute approximate surface area is 260 Å². The van der Waals surface area contributed by atoms with Gasteiger partial charge in [-0.1, -0.05) is 6.08 Å². The van der Waals surface area contributed by atoms with E-state index in [9.17, 15) is 19.2 Å². The Hall–Kier alpha value is -3.23. The Morgan fingerprint density at radius 1 is 1.00 bits per heavy atom. The highest BCUT2D eigenvalue weighted by Crippen LogP contribution is 2.29. The topological polar surface area (TPSA) is 166 Å². The van der Waals surface area contributed by atoms with Crippen molar-refractivity contribution in [2.75, 3.05) is 40.0 Å². The molecular formula is C30H51N5O9. The molecule has 0 aromatic rings. The number of esters is 1. The predicted molar refractivity (Wildman–Crippen MR) is 163 cm³/mol. The number of aliphatic imine (C=N–C) groups is 1. The maximum Gasteiger partial charge on any atom is 0.414 e.